The summed E-state index contributed by atoms with van der Waals surface area (Å²) in [5, 5.41) is 11.8. The predicted molar refractivity (Wildman–Crippen MR) is 82.4 cm³/mol. The molecule has 0 aliphatic rings. The lowest BCUT2D eigenvalue weighted by molar-refractivity contribution is 0.192. The second kappa shape index (κ2) is 6.67. The van der Waals surface area contributed by atoms with Crippen LogP contribution in [0.4, 0.5) is 15.9 Å². The molecule has 0 radical (unpaired) electrons. The summed E-state index contributed by atoms with van der Waals surface area (Å²) in [5.74, 6) is -0.110. The van der Waals surface area contributed by atoms with Crippen LogP contribution in [-0.4, -0.2) is 38.3 Å². The number of hydrogen-bond acceptors (Lipinski definition) is 7. The number of hydrogen-bond donors (Lipinski definition) is 2. The average Bonchev–Trinajstić information content (AvgIpc) is 2.56. The first kappa shape index (κ1) is 15.3. The summed E-state index contributed by atoms with van der Waals surface area (Å²) in [6, 6.07) is 4.31. The van der Waals surface area contributed by atoms with Crippen LogP contribution in [0.2, 0.25) is 5.02 Å². The van der Waals surface area contributed by atoms with Crippen molar-refractivity contribution >= 4 is 34.1 Å². The lowest BCUT2D eigenvalue weighted by Gasteiger charge is -2.09. The Kier molecular flexibility index (Phi) is 4.45. The molecule has 3 aromatic rings. The van der Waals surface area contributed by atoms with E-state index < -0.39 is 5.82 Å². The van der Waals surface area contributed by atoms with Gasteiger partial charge in [0.25, 0.3) is 0 Å². The summed E-state index contributed by atoms with van der Waals surface area (Å²) in [5.41, 5.74) is 1.48. The van der Waals surface area contributed by atoms with Crippen molar-refractivity contribution in [3.63, 3.8) is 0 Å². The van der Waals surface area contributed by atoms with Gasteiger partial charge in [0.05, 0.1) is 17.8 Å². The van der Waals surface area contributed by atoms with Gasteiger partial charge in [0.1, 0.15) is 29.8 Å². The van der Waals surface area contributed by atoms with Crippen LogP contribution in [0, 0.1) is 5.82 Å². The van der Waals surface area contributed by atoms with E-state index >= 15 is 0 Å². The fraction of sp³-hybridized carbons (Fsp3) is 0.143. The molecule has 0 amide bonds. The Morgan fingerprint density at radius 3 is 2.91 bits per heavy atom. The van der Waals surface area contributed by atoms with Gasteiger partial charge in [-0.15, -0.1) is 0 Å². The van der Waals surface area contributed by atoms with E-state index in [1.807, 2.05) is 0 Å². The molecule has 0 atom stereocenters. The summed E-state index contributed by atoms with van der Waals surface area (Å²) in [7, 11) is 0. The SMILES string of the molecule is OCCOc1ncc2ncnc(Nc3ccc(F)c(Cl)c3)c2n1. The maximum absolute atomic E-state index is 13.2. The first-order valence-corrected chi connectivity index (χ1v) is 6.98. The molecule has 0 bridgehead atoms. The van der Waals surface area contributed by atoms with Gasteiger partial charge in [0.15, 0.2) is 5.82 Å². The number of benzene rings is 1. The number of nitrogens with zero attached hydrogens (tertiary/aromatic N) is 4. The quantitative estimate of drug-likeness (QED) is 0.739. The maximum Gasteiger partial charge on any atom is 0.317 e. The third-order valence-electron chi connectivity index (χ3n) is 2.86. The average molecular weight is 336 g/mol. The van der Waals surface area contributed by atoms with Gasteiger partial charge in [0, 0.05) is 5.69 Å². The van der Waals surface area contributed by atoms with E-state index in [-0.39, 0.29) is 24.2 Å². The van der Waals surface area contributed by atoms with Crippen molar-refractivity contribution in [1.82, 2.24) is 19.9 Å². The van der Waals surface area contributed by atoms with E-state index in [0.29, 0.717) is 22.5 Å². The van der Waals surface area contributed by atoms with Gasteiger partial charge < -0.3 is 15.2 Å². The number of aromatic nitrogens is 4. The minimum Gasteiger partial charge on any atom is -0.461 e. The molecule has 0 fully saturated rings. The minimum absolute atomic E-state index is 0.00467. The molecule has 23 heavy (non-hydrogen) atoms. The van der Waals surface area contributed by atoms with Crippen molar-refractivity contribution in [3.8, 4) is 6.01 Å². The van der Waals surface area contributed by atoms with Gasteiger partial charge in [0.2, 0.25) is 0 Å². The third-order valence-corrected chi connectivity index (χ3v) is 3.15. The highest BCUT2D eigenvalue weighted by atomic mass is 35.5. The van der Waals surface area contributed by atoms with Crippen molar-refractivity contribution in [1.29, 1.82) is 0 Å². The van der Waals surface area contributed by atoms with Gasteiger partial charge in [-0.1, -0.05) is 11.6 Å². The van der Waals surface area contributed by atoms with E-state index in [1.165, 1.54) is 30.7 Å². The molecule has 9 heteroatoms. The molecule has 0 saturated heterocycles. The number of fused-ring (bicyclic) bond motifs is 1. The molecule has 3 rings (SSSR count). The highest BCUT2D eigenvalue weighted by Crippen LogP contribution is 2.25. The van der Waals surface area contributed by atoms with Crippen LogP contribution in [0.3, 0.4) is 0 Å². The predicted octanol–water partition coefficient (Wildman–Crippen LogP) is 2.33. The van der Waals surface area contributed by atoms with Crippen LogP contribution >= 0.6 is 11.6 Å². The maximum atomic E-state index is 13.2. The standard InChI is InChI=1S/C14H11ClFN5O2/c15-9-5-8(1-2-10(9)16)20-13-12-11(18-7-19-13)6-17-14(21-12)23-4-3-22/h1-2,5-7,22H,3-4H2,(H,18,19,20). The van der Waals surface area contributed by atoms with E-state index in [0.717, 1.165) is 0 Å². The summed E-state index contributed by atoms with van der Waals surface area (Å²) < 4.78 is 18.4. The van der Waals surface area contributed by atoms with Crippen LogP contribution < -0.4 is 10.1 Å². The van der Waals surface area contributed by atoms with Crippen molar-refractivity contribution in [3.05, 3.63) is 41.6 Å². The second-order valence-corrected chi connectivity index (χ2v) is 4.84. The van der Waals surface area contributed by atoms with Gasteiger partial charge >= 0.3 is 6.01 Å². The van der Waals surface area contributed by atoms with Crippen LogP contribution in [0.1, 0.15) is 0 Å². The smallest absolute Gasteiger partial charge is 0.317 e. The highest BCUT2D eigenvalue weighted by molar-refractivity contribution is 6.31. The fourth-order valence-electron chi connectivity index (χ4n) is 1.85. The zero-order valence-corrected chi connectivity index (χ0v) is 12.5. The van der Waals surface area contributed by atoms with Crippen molar-refractivity contribution in [2.45, 2.75) is 0 Å². The zero-order valence-electron chi connectivity index (χ0n) is 11.7. The fourth-order valence-corrected chi connectivity index (χ4v) is 2.03. The number of ether oxygens (including phenoxy) is 1. The molecule has 118 valence electrons. The minimum atomic E-state index is -0.508. The molecule has 0 aliphatic carbocycles. The van der Waals surface area contributed by atoms with Gasteiger partial charge in [-0.2, -0.15) is 4.98 Å². The topological polar surface area (TPSA) is 93.0 Å². The molecular formula is C14H11ClFN5O2. The van der Waals surface area contributed by atoms with E-state index in [9.17, 15) is 4.39 Å². The number of aliphatic hydroxyl groups is 1. The van der Waals surface area contributed by atoms with Crippen molar-refractivity contribution in [2.75, 3.05) is 18.5 Å². The molecule has 2 N–H and O–H groups in total. The van der Waals surface area contributed by atoms with Gasteiger partial charge in [-0.05, 0) is 18.2 Å². The van der Waals surface area contributed by atoms with E-state index in [4.69, 9.17) is 21.4 Å². The molecule has 0 aliphatic heterocycles. The number of anilines is 2. The molecule has 2 heterocycles. The number of aliphatic hydroxyl groups excluding tert-OH is 1. The van der Waals surface area contributed by atoms with E-state index in [1.54, 1.807) is 0 Å². The molecule has 7 nitrogen and oxygen atoms in total. The Bertz CT molecular complexity index is 849. The number of nitrogens with one attached hydrogen (secondary N) is 1. The van der Waals surface area contributed by atoms with Crippen LogP contribution in [0.5, 0.6) is 6.01 Å². The van der Waals surface area contributed by atoms with Crippen molar-refractivity contribution < 1.29 is 14.2 Å². The Hall–Kier alpha value is -2.58. The summed E-state index contributed by atoms with van der Waals surface area (Å²) >= 11 is 5.76. The molecule has 2 aromatic heterocycles. The Labute approximate surface area is 135 Å². The van der Waals surface area contributed by atoms with Crippen molar-refractivity contribution in [2.24, 2.45) is 0 Å². The Morgan fingerprint density at radius 1 is 1.26 bits per heavy atom. The largest absolute Gasteiger partial charge is 0.461 e. The lowest BCUT2D eigenvalue weighted by Crippen LogP contribution is -2.06. The van der Waals surface area contributed by atoms with E-state index in [2.05, 4.69) is 25.3 Å². The molecule has 0 unspecified atom stereocenters. The monoisotopic (exact) mass is 335 g/mol. The molecular weight excluding hydrogens is 325 g/mol. The third kappa shape index (κ3) is 3.43. The summed E-state index contributed by atoms with van der Waals surface area (Å²) in [6.07, 6.45) is 2.84. The van der Waals surface area contributed by atoms with Crippen LogP contribution in [0.25, 0.3) is 11.0 Å². The molecule has 1 aromatic carbocycles. The number of halogens is 2. The van der Waals surface area contributed by atoms with Crippen LogP contribution in [0.15, 0.2) is 30.7 Å². The van der Waals surface area contributed by atoms with Crippen LogP contribution in [-0.2, 0) is 0 Å². The normalized spacial score (nSPS) is 10.7. The van der Waals surface area contributed by atoms with Gasteiger partial charge in [-0.25, -0.2) is 19.3 Å². The van der Waals surface area contributed by atoms with Gasteiger partial charge in [-0.3, -0.25) is 0 Å². The Balaban J connectivity index is 1.97. The summed E-state index contributed by atoms with van der Waals surface area (Å²) in [4.78, 5) is 16.4. The molecule has 0 saturated carbocycles. The second-order valence-electron chi connectivity index (χ2n) is 4.43. The highest BCUT2D eigenvalue weighted by Gasteiger charge is 2.10. The zero-order chi connectivity index (χ0) is 16.2. The Morgan fingerprint density at radius 2 is 2.13 bits per heavy atom. The molecule has 0 spiro atoms. The first-order valence-electron chi connectivity index (χ1n) is 6.61. The first-order chi connectivity index (χ1) is 11.2. The summed E-state index contributed by atoms with van der Waals surface area (Å²) in [6.45, 7) is -0.0681. The number of rotatable bonds is 5. The lowest BCUT2D eigenvalue weighted by atomic mass is 10.3.